The number of carbonyl (C=O) groups is 3. The van der Waals surface area contributed by atoms with E-state index in [0.29, 0.717) is 55.2 Å². The molecule has 6 heteroatoms. The predicted molar refractivity (Wildman–Crippen MR) is 127 cm³/mol. The molecule has 170 valence electrons. The van der Waals surface area contributed by atoms with E-state index in [0.717, 1.165) is 12.0 Å². The quantitative estimate of drug-likeness (QED) is 0.682. The lowest BCUT2D eigenvalue weighted by atomic mass is 9.95. The Bertz CT molecular complexity index is 928. The number of piperidine rings is 1. The summed E-state index contributed by atoms with van der Waals surface area (Å²) in [6, 6.07) is 14.3. The Labute approximate surface area is 190 Å². The van der Waals surface area contributed by atoms with Crippen LogP contribution >= 0.6 is 0 Å². The number of likely N-dealkylation sites (tertiary alicyclic amines) is 1. The SMILES string of the molecule is Cc1ccc(C(=O)Nc2ccc(C(=O)N3CCC(C(=O)NCCC(C)C)CC3)cc2)cc1. The number of nitrogens with zero attached hydrogens (tertiary/aromatic N) is 1. The average Bonchev–Trinajstić information content (AvgIpc) is 2.79. The number of carbonyl (C=O) groups excluding carboxylic acids is 3. The van der Waals surface area contributed by atoms with Gasteiger partial charge in [0.15, 0.2) is 0 Å². The Hall–Kier alpha value is -3.15. The summed E-state index contributed by atoms with van der Waals surface area (Å²) < 4.78 is 0. The maximum absolute atomic E-state index is 12.8. The summed E-state index contributed by atoms with van der Waals surface area (Å²) in [7, 11) is 0. The molecule has 3 rings (SSSR count). The molecule has 0 aliphatic carbocycles. The summed E-state index contributed by atoms with van der Waals surface area (Å²) in [6.45, 7) is 8.12. The van der Waals surface area contributed by atoms with Crippen LogP contribution in [0.15, 0.2) is 48.5 Å². The van der Waals surface area contributed by atoms with Crippen molar-refractivity contribution >= 4 is 23.4 Å². The molecule has 0 bridgehead atoms. The predicted octanol–water partition coefficient (Wildman–Crippen LogP) is 4.26. The smallest absolute Gasteiger partial charge is 0.255 e. The summed E-state index contributed by atoms with van der Waals surface area (Å²) in [5, 5.41) is 5.88. The first-order valence-electron chi connectivity index (χ1n) is 11.4. The van der Waals surface area contributed by atoms with Gasteiger partial charge in [-0.1, -0.05) is 31.5 Å². The molecule has 1 heterocycles. The van der Waals surface area contributed by atoms with Crippen LogP contribution in [0.25, 0.3) is 0 Å². The number of hydrogen-bond acceptors (Lipinski definition) is 3. The molecule has 0 radical (unpaired) electrons. The van der Waals surface area contributed by atoms with Crippen LogP contribution in [0.5, 0.6) is 0 Å². The van der Waals surface area contributed by atoms with Crippen molar-refractivity contribution in [3.05, 3.63) is 65.2 Å². The maximum atomic E-state index is 12.8. The second kappa shape index (κ2) is 10.9. The molecule has 0 atom stereocenters. The van der Waals surface area contributed by atoms with Crippen LogP contribution in [-0.4, -0.2) is 42.3 Å². The molecule has 1 fully saturated rings. The van der Waals surface area contributed by atoms with E-state index < -0.39 is 0 Å². The molecule has 0 aromatic heterocycles. The van der Waals surface area contributed by atoms with Gasteiger partial charge in [-0.25, -0.2) is 0 Å². The van der Waals surface area contributed by atoms with Crippen LogP contribution in [0.4, 0.5) is 5.69 Å². The number of aryl methyl sites for hydroxylation is 1. The van der Waals surface area contributed by atoms with Crippen molar-refractivity contribution < 1.29 is 14.4 Å². The molecule has 0 unspecified atom stereocenters. The van der Waals surface area contributed by atoms with Crippen molar-refractivity contribution in [1.82, 2.24) is 10.2 Å². The zero-order valence-corrected chi connectivity index (χ0v) is 19.2. The molecular formula is C26H33N3O3. The van der Waals surface area contributed by atoms with E-state index in [9.17, 15) is 14.4 Å². The van der Waals surface area contributed by atoms with E-state index in [4.69, 9.17) is 0 Å². The molecule has 3 amide bonds. The first-order chi connectivity index (χ1) is 15.3. The van der Waals surface area contributed by atoms with Crippen LogP contribution in [0.2, 0.25) is 0 Å². The van der Waals surface area contributed by atoms with E-state index in [2.05, 4.69) is 24.5 Å². The van der Waals surface area contributed by atoms with Gasteiger partial charge in [0.2, 0.25) is 5.91 Å². The fourth-order valence-electron chi connectivity index (χ4n) is 3.76. The third-order valence-corrected chi connectivity index (χ3v) is 5.88. The number of nitrogens with one attached hydrogen (secondary N) is 2. The van der Waals surface area contributed by atoms with Crippen molar-refractivity contribution in [2.75, 3.05) is 25.0 Å². The lowest BCUT2D eigenvalue weighted by molar-refractivity contribution is -0.126. The Kier molecular flexibility index (Phi) is 8.03. The number of anilines is 1. The topological polar surface area (TPSA) is 78.5 Å². The first-order valence-corrected chi connectivity index (χ1v) is 11.4. The molecule has 1 aliphatic heterocycles. The van der Waals surface area contributed by atoms with E-state index in [1.807, 2.05) is 19.1 Å². The van der Waals surface area contributed by atoms with Crippen LogP contribution in [0, 0.1) is 18.8 Å². The van der Waals surface area contributed by atoms with Gasteiger partial charge in [-0.15, -0.1) is 0 Å². The number of benzene rings is 2. The highest BCUT2D eigenvalue weighted by molar-refractivity contribution is 6.04. The van der Waals surface area contributed by atoms with E-state index >= 15 is 0 Å². The highest BCUT2D eigenvalue weighted by Gasteiger charge is 2.27. The second-order valence-corrected chi connectivity index (χ2v) is 8.94. The minimum atomic E-state index is -0.183. The molecule has 0 saturated carbocycles. The van der Waals surface area contributed by atoms with Crippen molar-refractivity contribution in [2.24, 2.45) is 11.8 Å². The normalized spacial score (nSPS) is 14.3. The van der Waals surface area contributed by atoms with E-state index in [1.165, 1.54) is 0 Å². The Morgan fingerprint density at radius 1 is 0.938 bits per heavy atom. The number of rotatable bonds is 7. The molecule has 6 nitrogen and oxygen atoms in total. The molecule has 32 heavy (non-hydrogen) atoms. The molecular weight excluding hydrogens is 402 g/mol. The highest BCUT2D eigenvalue weighted by Crippen LogP contribution is 2.20. The van der Waals surface area contributed by atoms with Crippen LogP contribution in [0.3, 0.4) is 0 Å². The number of amides is 3. The van der Waals surface area contributed by atoms with Crippen molar-refractivity contribution in [3.8, 4) is 0 Å². The van der Waals surface area contributed by atoms with Gasteiger partial charge in [0.1, 0.15) is 0 Å². The summed E-state index contributed by atoms with van der Waals surface area (Å²) >= 11 is 0. The molecule has 2 N–H and O–H groups in total. The number of hydrogen-bond donors (Lipinski definition) is 2. The van der Waals surface area contributed by atoms with Crippen molar-refractivity contribution in [1.29, 1.82) is 0 Å². The second-order valence-electron chi connectivity index (χ2n) is 8.94. The van der Waals surface area contributed by atoms with Gasteiger partial charge >= 0.3 is 0 Å². The Balaban J connectivity index is 1.49. The average molecular weight is 436 g/mol. The van der Waals surface area contributed by atoms with Gasteiger partial charge in [-0.3, -0.25) is 14.4 Å². The summed E-state index contributed by atoms with van der Waals surface area (Å²) in [6.07, 6.45) is 2.35. The van der Waals surface area contributed by atoms with Crippen molar-refractivity contribution in [2.45, 2.75) is 40.0 Å². The minimum Gasteiger partial charge on any atom is -0.356 e. The summed E-state index contributed by atoms with van der Waals surface area (Å²) in [4.78, 5) is 39.3. The van der Waals surface area contributed by atoms with Gasteiger partial charge in [-0.05, 0) is 68.5 Å². The van der Waals surface area contributed by atoms with Gasteiger partial charge in [-0.2, -0.15) is 0 Å². The largest absolute Gasteiger partial charge is 0.356 e. The zero-order valence-electron chi connectivity index (χ0n) is 19.2. The van der Waals surface area contributed by atoms with Gasteiger partial charge < -0.3 is 15.5 Å². The zero-order chi connectivity index (χ0) is 23.1. The van der Waals surface area contributed by atoms with Crippen LogP contribution in [-0.2, 0) is 4.79 Å². The van der Waals surface area contributed by atoms with Crippen LogP contribution in [0.1, 0.15) is 59.4 Å². The third kappa shape index (κ3) is 6.42. The fourth-order valence-corrected chi connectivity index (χ4v) is 3.76. The first kappa shape index (κ1) is 23.5. The molecule has 1 saturated heterocycles. The summed E-state index contributed by atoms with van der Waals surface area (Å²) in [5.74, 6) is 0.423. The third-order valence-electron chi connectivity index (χ3n) is 5.88. The lowest BCUT2D eigenvalue weighted by Gasteiger charge is -2.31. The van der Waals surface area contributed by atoms with E-state index in [1.54, 1.807) is 41.3 Å². The molecule has 2 aromatic carbocycles. The fraction of sp³-hybridized carbons (Fsp3) is 0.423. The van der Waals surface area contributed by atoms with Gasteiger partial charge in [0.25, 0.3) is 11.8 Å². The monoisotopic (exact) mass is 435 g/mol. The highest BCUT2D eigenvalue weighted by atomic mass is 16.2. The van der Waals surface area contributed by atoms with Gasteiger partial charge in [0.05, 0.1) is 0 Å². The standard InChI is InChI=1S/C26H33N3O3/c1-18(2)12-15-27-24(30)21-13-16-29(17-14-21)26(32)22-8-10-23(11-9-22)28-25(31)20-6-4-19(3)5-7-20/h4-11,18,21H,12-17H2,1-3H3,(H,27,30)(H,28,31). The molecule has 0 spiro atoms. The maximum Gasteiger partial charge on any atom is 0.255 e. The van der Waals surface area contributed by atoms with Crippen molar-refractivity contribution in [3.63, 3.8) is 0 Å². The Morgan fingerprint density at radius 2 is 1.53 bits per heavy atom. The lowest BCUT2D eigenvalue weighted by Crippen LogP contribution is -2.43. The Morgan fingerprint density at radius 3 is 2.12 bits per heavy atom. The molecule has 1 aliphatic rings. The van der Waals surface area contributed by atoms with Crippen LogP contribution < -0.4 is 10.6 Å². The summed E-state index contributed by atoms with van der Waals surface area (Å²) in [5.41, 5.74) is 2.91. The van der Waals surface area contributed by atoms with E-state index in [-0.39, 0.29) is 23.6 Å². The molecule has 2 aromatic rings. The van der Waals surface area contributed by atoms with Gasteiger partial charge in [0, 0.05) is 42.4 Å². The minimum absolute atomic E-state index is 0.0226.